The molecule has 0 aliphatic rings. The van der Waals surface area contributed by atoms with E-state index in [-0.39, 0.29) is 21.7 Å². The van der Waals surface area contributed by atoms with Crippen LogP contribution in [0.3, 0.4) is 0 Å². The number of rotatable bonds is 5. The van der Waals surface area contributed by atoms with Crippen molar-refractivity contribution in [1.82, 2.24) is 0 Å². The zero-order chi connectivity index (χ0) is 33.7. The van der Waals surface area contributed by atoms with E-state index < -0.39 is 80.4 Å². The van der Waals surface area contributed by atoms with Crippen LogP contribution in [0.5, 0.6) is 0 Å². The predicted molar refractivity (Wildman–Crippen MR) is 142 cm³/mol. The van der Waals surface area contributed by atoms with Crippen molar-refractivity contribution in [3.05, 3.63) is 90.6 Å². The van der Waals surface area contributed by atoms with E-state index in [9.17, 15) is 53.5 Å². The Morgan fingerprint density at radius 2 is 1.39 bits per heavy atom. The van der Waals surface area contributed by atoms with Crippen LogP contribution < -0.4 is 10.2 Å². The lowest BCUT2D eigenvalue weighted by molar-refractivity contribution is -0.348. The van der Waals surface area contributed by atoms with E-state index in [1.54, 1.807) is 12.2 Å². The van der Waals surface area contributed by atoms with Crippen molar-refractivity contribution >= 4 is 62.3 Å². The maximum Gasteiger partial charge on any atom is 0.435 e. The molecule has 0 radical (unpaired) electrons. The van der Waals surface area contributed by atoms with Crippen LogP contribution in [0.4, 0.5) is 59.7 Å². The van der Waals surface area contributed by atoms with Gasteiger partial charge in [0.05, 0.1) is 22.5 Å². The third-order valence-corrected chi connectivity index (χ3v) is 7.64. The maximum absolute atomic E-state index is 15.5. The highest BCUT2D eigenvalue weighted by molar-refractivity contribution is 9.10. The Morgan fingerprint density at radius 1 is 0.864 bits per heavy atom. The smallest absolute Gasteiger partial charge is 0.320 e. The van der Waals surface area contributed by atoms with Gasteiger partial charge in [-0.15, -0.1) is 0 Å². The normalized spacial score (nSPS) is 12.7. The lowest BCUT2D eigenvalue weighted by Crippen LogP contribution is -2.50. The van der Waals surface area contributed by atoms with Crippen molar-refractivity contribution in [3.63, 3.8) is 0 Å². The molecule has 0 bridgehead atoms. The second kappa shape index (κ2) is 12.0. The third kappa shape index (κ3) is 6.47. The Hall–Kier alpha value is -3.11. The minimum atomic E-state index is -6.74. The van der Waals surface area contributed by atoms with Crippen molar-refractivity contribution in [2.24, 2.45) is 0 Å². The lowest BCUT2D eigenvalue weighted by Gasteiger charge is -2.31. The predicted octanol–water partition coefficient (Wildman–Crippen LogP) is 10.0. The average Bonchev–Trinajstić information content (AvgIpc) is 2.89. The Labute approximate surface area is 258 Å². The number of anilines is 2. The van der Waals surface area contributed by atoms with Crippen molar-refractivity contribution in [3.8, 4) is 0 Å². The third-order valence-electron chi connectivity index (χ3n) is 6.23. The van der Waals surface area contributed by atoms with E-state index in [1.165, 1.54) is 12.1 Å². The highest BCUT2D eigenvalue weighted by atomic mass is 79.9. The second-order valence-electron chi connectivity index (χ2n) is 9.05. The minimum Gasteiger partial charge on any atom is -0.320 e. The van der Waals surface area contributed by atoms with E-state index in [4.69, 9.17) is 23.2 Å². The number of amides is 2. The van der Waals surface area contributed by atoms with E-state index in [0.29, 0.717) is 10.5 Å². The number of nitrogens with one attached hydrogen (secondary N) is 1. The number of alkyl halides is 10. The molecule has 3 aromatic rings. The summed E-state index contributed by atoms with van der Waals surface area (Å²) >= 11 is 14.4. The topological polar surface area (TPSA) is 49.4 Å². The highest BCUT2D eigenvalue weighted by Gasteiger charge is 2.73. The number of benzene rings is 3. The van der Waals surface area contributed by atoms with Crippen molar-refractivity contribution in [1.29, 1.82) is 0 Å². The fraction of sp³-hybridized carbons (Fsp3) is 0.231. The molecular formula is C26H14BrCl2F11N2O2. The number of carbonyl (C=O) groups is 2. The molecule has 238 valence electrons. The highest BCUT2D eigenvalue weighted by Crippen LogP contribution is 2.55. The van der Waals surface area contributed by atoms with Crippen LogP contribution >= 0.6 is 39.1 Å². The molecule has 0 aliphatic heterocycles. The van der Waals surface area contributed by atoms with Gasteiger partial charge in [0, 0.05) is 32.7 Å². The molecule has 44 heavy (non-hydrogen) atoms. The summed E-state index contributed by atoms with van der Waals surface area (Å²) in [5, 5.41) is 1.76. The molecule has 2 amide bonds. The SMILES string of the molecule is Cc1c(Cl)cc(C(=O)N(C)c2cccc(C(=O)Nc3c(Br)cc(C(F)(C(F)(F)F)C(F)(F)F)cc3C(F)(F)F)c2F)cc1Cl. The molecule has 0 unspecified atom stereocenters. The molecule has 0 fully saturated rings. The van der Waals surface area contributed by atoms with Gasteiger partial charge in [-0.2, -0.15) is 39.5 Å². The first kappa shape index (κ1) is 35.4. The van der Waals surface area contributed by atoms with Crippen LogP contribution in [0.2, 0.25) is 10.0 Å². The first-order valence-corrected chi connectivity index (χ1v) is 13.1. The quantitative estimate of drug-likeness (QED) is 0.265. The van der Waals surface area contributed by atoms with Crippen LogP contribution in [0.1, 0.15) is 37.4 Å². The summed E-state index contributed by atoms with van der Waals surface area (Å²) in [6.07, 6.45) is -19.2. The summed E-state index contributed by atoms with van der Waals surface area (Å²) in [4.78, 5) is 26.6. The molecule has 0 saturated carbocycles. The largest absolute Gasteiger partial charge is 0.435 e. The second-order valence-corrected chi connectivity index (χ2v) is 10.7. The van der Waals surface area contributed by atoms with Gasteiger partial charge < -0.3 is 10.2 Å². The Morgan fingerprint density at radius 3 is 1.86 bits per heavy atom. The van der Waals surface area contributed by atoms with Crippen LogP contribution in [0.25, 0.3) is 0 Å². The molecule has 0 atom stereocenters. The van der Waals surface area contributed by atoms with Gasteiger partial charge in [0.2, 0.25) is 0 Å². The summed E-state index contributed by atoms with van der Waals surface area (Å²) in [6, 6.07) is 4.24. The number of hydrogen-bond acceptors (Lipinski definition) is 2. The first-order valence-electron chi connectivity index (χ1n) is 11.5. The van der Waals surface area contributed by atoms with Gasteiger partial charge in [-0.3, -0.25) is 9.59 Å². The summed E-state index contributed by atoms with van der Waals surface area (Å²) in [6.45, 7) is 1.56. The minimum absolute atomic E-state index is 0.0929. The van der Waals surface area contributed by atoms with Crippen LogP contribution in [-0.2, 0) is 11.8 Å². The van der Waals surface area contributed by atoms with Gasteiger partial charge in [-0.05, 0) is 64.8 Å². The number of halogens is 14. The van der Waals surface area contributed by atoms with Crippen molar-refractivity contribution in [2.75, 3.05) is 17.3 Å². The lowest BCUT2D eigenvalue weighted by atomic mass is 9.92. The van der Waals surface area contributed by atoms with E-state index in [2.05, 4.69) is 15.9 Å². The number of nitrogens with zero attached hydrogens (tertiary/aromatic N) is 1. The molecule has 0 aliphatic carbocycles. The molecule has 1 N–H and O–H groups in total. The summed E-state index contributed by atoms with van der Waals surface area (Å²) in [5.41, 5.74) is -13.7. The molecule has 18 heteroatoms. The van der Waals surface area contributed by atoms with Crippen LogP contribution in [0, 0.1) is 12.7 Å². The van der Waals surface area contributed by atoms with Crippen molar-refractivity contribution in [2.45, 2.75) is 31.1 Å². The molecular weight excluding hydrogens is 732 g/mol. The zero-order valence-electron chi connectivity index (χ0n) is 21.6. The number of carbonyl (C=O) groups excluding carboxylic acids is 2. The van der Waals surface area contributed by atoms with Gasteiger partial charge >= 0.3 is 24.2 Å². The molecule has 3 rings (SSSR count). The van der Waals surface area contributed by atoms with E-state index >= 15 is 4.39 Å². The average molecular weight is 746 g/mol. The van der Waals surface area contributed by atoms with Gasteiger partial charge in [0.15, 0.2) is 5.82 Å². The summed E-state index contributed by atoms with van der Waals surface area (Å²) in [5.74, 6) is -4.00. The van der Waals surface area contributed by atoms with Crippen LogP contribution in [0.15, 0.2) is 46.9 Å². The maximum atomic E-state index is 15.5. The van der Waals surface area contributed by atoms with E-state index in [1.807, 2.05) is 0 Å². The van der Waals surface area contributed by atoms with Gasteiger partial charge in [0.1, 0.15) is 0 Å². The number of hydrogen-bond donors (Lipinski definition) is 1. The first-order chi connectivity index (χ1) is 19.9. The van der Waals surface area contributed by atoms with Crippen LogP contribution in [-0.4, -0.2) is 31.2 Å². The fourth-order valence-corrected chi connectivity index (χ4v) is 4.90. The summed E-state index contributed by atoms with van der Waals surface area (Å²) in [7, 11) is 1.08. The van der Waals surface area contributed by atoms with E-state index in [0.717, 1.165) is 25.2 Å². The standard InChI is InChI=1S/C26H14BrCl2F11N2O2/c1-10-16(28)6-11(7-17(10)29)22(44)42(2)18-5-3-4-13(19(18)30)21(43)41-20-14(24(32,33)34)8-12(9-15(20)27)23(31,25(35,36)37)26(38,39)40/h3-9H,1-2H3,(H,41,43). The monoisotopic (exact) mass is 744 g/mol. The fourth-order valence-electron chi connectivity index (χ4n) is 3.85. The Balaban J connectivity index is 2.08. The molecule has 4 nitrogen and oxygen atoms in total. The van der Waals surface area contributed by atoms with Gasteiger partial charge in [-0.1, -0.05) is 29.3 Å². The Kier molecular flexibility index (Phi) is 9.65. The molecule has 0 spiro atoms. The van der Waals surface area contributed by atoms with Gasteiger partial charge in [-0.25, -0.2) is 8.78 Å². The molecule has 0 saturated heterocycles. The molecule has 0 aromatic heterocycles. The van der Waals surface area contributed by atoms with Gasteiger partial charge in [0.25, 0.3) is 11.8 Å². The summed E-state index contributed by atoms with van der Waals surface area (Å²) < 4.78 is 149. The Bertz CT molecular complexity index is 1600. The molecule has 3 aromatic carbocycles. The zero-order valence-corrected chi connectivity index (χ0v) is 24.7. The molecule has 0 heterocycles. The van der Waals surface area contributed by atoms with Crippen molar-refractivity contribution < 1.29 is 57.9 Å².